The Morgan fingerprint density at radius 3 is 2.56 bits per heavy atom. The molecule has 0 N–H and O–H groups in total. The summed E-state index contributed by atoms with van der Waals surface area (Å²) in [6, 6.07) is 17.0. The highest BCUT2D eigenvalue weighted by Gasteiger charge is 2.35. The first kappa shape index (κ1) is 22.0. The van der Waals surface area contributed by atoms with E-state index in [2.05, 4.69) is 0 Å². The average Bonchev–Trinajstić information content (AvgIpc) is 3.06. The third-order valence-corrected chi connectivity index (χ3v) is 6.14. The maximum atomic E-state index is 12.8. The van der Waals surface area contributed by atoms with E-state index >= 15 is 0 Å². The summed E-state index contributed by atoms with van der Waals surface area (Å²) in [5.74, 6) is 1.19. The van der Waals surface area contributed by atoms with Crippen molar-refractivity contribution in [2.75, 3.05) is 27.4 Å². The number of carbonyl (C=O) groups excluding carboxylic acids is 2. The van der Waals surface area contributed by atoms with Gasteiger partial charge in [-0.2, -0.15) is 0 Å². The molecule has 0 radical (unpaired) electrons. The second kappa shape index (κ2) is 9.54. The van der Waals surface area contributed by atoms with Crippen molar-refractivity contribution in [2.45, 2.75) is 0 Å². The van der Waals surface area contributed by atoms with Gasteiger partial charge in [0, 0.05) is 5.39 Å². The normalized spacial score (nSPS) is 15.0. The zero-order valence-electron chi connectivity index (χ0n) is 17.5. The van der Waals surface area contributed by atoms with Crippen LogP contribution in [0, 0.1) is 0 Å². The van der Waals surface area contributed by atoms with E-state index in [0.29, 0.717) is 32.7 Å². The van der Waals surface area contributed by atoms with Gasteiger partial charge in [-0.1, -0.05) is 48.0 Å². The second-order valence-corrected chi connectivity index (χ2v) is 8.30. The Bertz CT molecular complexity index is 1220. The largest absolute Gasteiger partial charge is 0.493 e. The van der Waals surface area contributed by atoms with Crippen molar-refractivity contribution in [3.05, 3.63) is 70.1 Å². The van der Waals surface area contributed by atoms with Crippen LogP contribution in [-0.2, 0) is 4.79 Å². The van der Waals surface area contributed by atoms with Crippen molar-refractivity contribution < 1.29 is 23.8 Å². The number of imide groups is 1. The van der Waals surface area contributed by atoms with Gasteiger partial charge in [0.1, 0.15) is 12.4 Å². The number of halogens is 1. The van der Waals surface area contributed by atoms with Gasteiger partial charge in [0.25, 0.3) is 11.1 Å². The van der Waals surface area contributed by atoms with Crippen LogP contribution in [0.2, 0.25) is 5.02 Å². The molecule has 0 aliphatic carbocycles. The molecule has 0 aromatic heterocycles. The fourth-order valence-corrected chi connectivity index (χ4v) is 4.60. The van der Waals surface area contributed by atoms with E-state index in [4.69, 9.17) is 25.8 Å². The van der Waals surface area contributed by atoms with Gasteiger partial charge in [0.2, 0.25) is 0 Å². The van der Waals surface area contributed by atoms with Crippen LogP contribution in [0.1, 0.15) is 5.56 Å². The predicted octanol–water partition coefficient (Wildman–Crippen LogP) is 5.63. The Balaban J connectivity index is 1.47. The van der Waals surface area contributed by atoms with E-state index in [1.165, 1.54) is 19.1 Å². The Kier molecular flexibility index (Phi) is 6.58. The molecule has 32 heavy (non-hydrogen) atoms. The quantitative estimate of drug-likeness (QED) is 0.418. The number of thioether (sulfide) groups is 1. The van der Waals surface area contributed by atoms with Gasteiger partial charge in [-0.25, -0.2) is 0 Å². The molecule has 1 heterocycles. The second-order valence-electron chi connectivity index (χ2n) is 6.90. The van der Waals surface area contributed by atoms with Crippen LogP contribution in [0.3, 0.4) is 0 Å². The average molecular weight is 470 g/mol. The number of rotatable bonds is 7. The van der Waals surface area contributed by atoms with Crippen molar-refractivity contribution >= 4 is 51.4 Å². The van der Waals surface area contributed by atoms with Crippen molar-refractivity contribution in [3.8, 4) is 17.2 Å². The first-order valence-corrected chi connectivity index (χ1v) is 11.0. The van der Waals surface area contributed by atoms with Gasteiger partial charge < -0.3 is 14.2 Å². The van der Waals surface area contributed by atoms with E-state index in [0.717, 1.165) is 22.5 Å². The number of ether oxygens (including phenoxy) is 3. The van der Waals surface area contributed by atoms with Crippen molar-refractivity contribution in [3.63, 3.8) is 0 Å². The van der Waals surface area contributed by atoms with E-state index < -0.39 is 0 Å². The molecule has 1 aliphatic rings. The Labute approximate surface area is 194 Å². The zero-order chi connectivity index (χ0) is 22.7. The SMILES string of the molecule is COc1cc(/C=C2\SC(=O)N(CCOc3cccc4ccccc34)C2=O)cc(Cl)c1OC. The fraction of sp³-hybridized carbons (Fsp3) is 0.167. The summed E-state index contributed by atoms with van der Waals surface area (Å²) >= 11 is 7.12. The number of carbonyl (C=O) groups is 2. The molecule has 3 aromatic rings. The van der Waals surface area contributed by atoms with Crippen molar-refractivity contribution in [1.29, 1.82) is 0 Å². The lowest BCUT2D eigenvalue weighted by atomic mass is 10.1. The molecule has 0 bridgehead atoms. The molecule has 0 unspecified atom stereocenters. The topological polar surface area (TPSA) is 65.1 Å². The van der Waals surface area contributed by atoms with Gasteiger partial charge in [-0.05, 0) is 47.0 Å². The van der Waals surface area contributed by atoms with Crippen molar-refractivity contribution in [1.82, 2.24) is 4.90 Å². The molecule has 3 aromatic carbocycles. The molecule has 0 saturated carbocycles. The summed E-state index contributed by atoms with van der Waals surface area (Å²) in [7, 11) is 3.00. The maximum absolute atomic E-state index is 12.8. The minimum absolute atomic E-state index is 0.151. The van der Waals surface area contributed by atoms with Gasteiger partial charge in [0.05, 0.1) is 30.7 Å². The maximum Gasteiger partial charge on any atom is 0.293 e. The van der Waals surface area contributed by atoms with Gasteiger partial charge in [0.15, 0.2) is 11.5 Å². The molecule has 8 heteroatoms. The molecule has 0 spiro atoms. The third-order valence-electron chi connectivity index (χ3n) is 4.95. The van der Waals surface area contributed by atoms with Gasteiger partial charge >= 0.3 is 0 Å². The summed E-state index contributed by atoms with van der Waals surface area (Å²) in [6.45, 7) is 0.347. The van der Waals surface area contributed by atoms with Crippen LogP contribution < -0.4 is 14.2 Å². The molecular formula is C24H20ClNO5S. The number of amides is 2. The van der Waals surface area contributed by atoms with Crippen LogP contribution >= 0.6 is 23.4 Å². The minimum atomic E-state index is -0.368. The highest BCUT2D eigenvalue weighted by molar-refractivity contribution is 8.18. The summed E-state index contributed by atoms with van der Waals surface area (Å²) in [5.41, 5.74) is 0.630. The van der Waals surface area contributed by atoms with Gasteiger partial charge in [-0.15, -0.1) is 0 Å². The Morgan fingerprint density at radius 1 is 1.00 bits per heavy atom. The highest BCUT2D eigenvalue weighted by atomic mass is 35.5. The highest BCUT2D eigenvalue weighted by Crippen LogP contribution is 2.38. The molecular weight excluding hydrogens is 450 g/mol. The summed E-state index contributed by atoms with van der Waals surface area (Å²) in [5, 5.41) is 2.05. The number of fused-ring (bicyclic) bond motifs is 1. The van der Waals surface area contributed by atoms with Crippen LogP contribution in [0.4, 0.5) is 4.79 Å². The Morgan fingerprint density at radius 2 is 1.78 bits per heavy atom. The van der Waals surface area contributed by atoms with E-state index in [1.807, 2.05) is 42.5 Å². The number of hydrogen-bond donors (Lipinski definition) is 0. The summed E-state index contributed by atoms with van der Waals surface area (Å²) in [6.07, 6.45) is 1.62. The molecule has 2 amide bonds. The minimum Gasteiger partial charge on any atom is -0.493 e. The Hall–Kier alpha value is -3.16. The number of nitrogens with zero attached hydrogens (tertiary/aromatic N) is 1. The smallest absolute Gasteiger partial charge is 0.293 e. The van der Waals surface area contributed by atoms with Crippen LogP contribution in [0.15, 0.2) is 59.5 Å². The summed E-state index contributed by atoms with van der Waals surface area (Å²) < 4.78 is 16.4. The predicted molar refractivity (Wildman–Crippen MR) is 127 cm³/mol. The fourth-order valence-electron chi connectivity index (χ4n) is 3.43. The molecule has 1 fully saturated rings. The number of hydrogen-bond acceptors (Lipinski definition) is 6. The van der Waals surface area contributed by atoms with Crippen LogP contribution in [-0.4, -0.2) is 43.4 Å². The van der Waals surface area contributed by atoms with Crippen molar-refractivity contribution in [2.24, 2.45) is 0 Å². The third kappa shape index (κ3) is 4.40. The lowest BCUT2D eigenvalue weighted by Gasteiger charge is -2.14. The van der Waals surface area contributed by atoms with Crippen LogP contribution in [0.25, 0.3) is 16.8 Å². The standard InChI is InChI=1S/C24H20ClNO5S/c1-29-20-13-15(12-18(25)22(20)30-2)14-21-23(27)26(24(28)32-21)10-11-31-19-9-5-7-16-6-3-4-8-17(16)19/h3-9,12-14H,10-11H2,1-2H3/b21-14-. The van der Waals surface area contributed by atoms with E-state index in [9.17, 15) is 9.59 Å². The molecule has 6 nitrogen and oxygen atoms in total. The zero-order valence-corrected chi connectivity index (χ0v) is 19.0. The number of methoxy groups -OCH3 is 2. The monoisotopic (exact) mass is 469 g/mol. The van der Waals surface area contributed by atoms with Crippen LogP contribution in [0.5, 0.6) is 17.2 Å². The molecule has 164 valence electrons. The van der Waals surface area contributed by atoms with E-state index in [1.54, 1.807) is 18.2 Å². The lowest BCUT2D eigenvalue weighted by Crippen LogP contribution is -2.32. The first-order valence-electron chi connectivity index (χ1n) is 9.79. The molecule has 0 atom stereocenters. The van der Waals surface area contributed by atoms with E-state index in [-0.39, 0.29) is 24.3 Å². The summed E-state index contributed by atoms with van der Waals surface area (Å²) in [4.78, 5) is 26.7. The molecule has 1 aliphatic heterocycles. The number of benzene rings is 3. The molecule has 1 saturated heterocycles. The first-order chi connectivity index (χ1) is 15.5. The molecule has 4 rings (SSSR count). The van der Waals surface area contributed by atoms with Gasteiger partial charge in [-0.3, -0.25) is 14.5 Å². The lowest BCUT2D eigenvalue weighted by molar-refractivity contribution is -0.123.